The van der Waals surface area contributed by atoms with E-state index in [2.05, 4.69) is 0 Å². The lowest BCUT2D eigenvalue weighted by Gasteiger charge is -2.14. The molecule has 1 aromatic heterocycles. The Kier molecular flexibility index (Phi) is 5.80. The van der Waals surface area contributed by atoms with Crippen LogP contribution in [0.15, 0.2) is 77.6 Å². The summed E-state index contributed by atoms with van der Waals surface area (Å²) in [4.78, 5) is 18.0. The van der Waals surface area contributed by atoms with Crippen molar-refractivity contribution in [1.82, 2.24) is 9.55 Å². The molecule has 0 amide bonds. The highest BCUT2D eigenvalue weighted by molar-refractivity contribution is 5.79. The summed E-state index contributed by atoms with van der Waals surface area (Å²) < 4.78 is 12.9. The first kappa shape index (κ1) is 19.7. The molecule has 0 atom stereocenters. The number of hydrogen-bond donors (Lipinski definition) is 0. The van der Waals surface area contributed by atoms with Crippen molar-refractivity contribution < 1.29 is 9.47 Å². The lowest BCUT2D eigenvalue weighted by molar-refractivity contribution is 0.301. The van der Waals surface area contributed by atoms with Crippen molar-refractivity contribution in [3.63, 3.8) is 0 Å². The number of hydrogen-bond acceptors (Lipinski definition) is 4. The molecule has 0 aliphatic carbocycles. The average Bonchev–Trinajstić information content (AvgIpc) is 2.78. The van der Waals surface area contributed by atoms with Crippen LogP contribution in [0, 0.1) is 6.92 Å². The Morgan fingerprint density at radius 2 is 1.73 bits per heavy atom. The van der Waals surface area contributed by atoms with Crippen molar-refractivity contribution in [1.29, 1.82) is 0 Å². The molecule has 4 aromatic rings. The second kappa shape index (κ2) is 8.82. The van der Waals surface area contributed by atoms with E-state index >= 15 is 0 Å². The van der Waals surface area contributed by atoms with Crippen molar-refractivity contribution in [3.8, 4) is 22.9 Å². The second-order valence-electron chi connectivity index (χ2n) is 7.16. The quantitative estimate of drug-likeness (QED) is 0.416. The highest BCUT2D eigenvalue weighted by Gasteiger charge is 2.13. The summed E-state index contributed by atoms with van der Waals surface area (Å²) in [6.45, 7) is 3.07. The number of nitrogens with zero attached hydrogens (tertiary/aromatic N) is 2. The first-order valence-corrected chi connectivity index (χ1v) is 9.99. The molecule has 0 spiro atoms. The van der Waals surface area contributed by atoms with Crippen molar-refractivity contribution in [2.24, 2.45) is 0 Å². The maximum absolute atomic E-state index is 13.2. The molecule has 0 bridgehead atoms. The van der Waals surface area contributed by atoms with E-state index in [4.69, 9.17) is 14.5 Å². The van der Waals surface area contributed by atoms with Crippen LogP contribution in [0.25, 0.3) is 22.3 Å². The summed E-state index contributed by atoms with van der Waals surface area (Å²) >= 11 is 0. The summed E-state index contributed by atoms with van der Waals surface area (Å²) in [5, 5.41) is 0.620. The molecule has 0 aliphatic heterocycles. The van der Waals surface area contributed by atoms with Gasteiger partial charge >= 0.3 is 0 Å². The normalized spacial score (nSPS) is 10.9. The van der Waals surface area contributed by atoms with E-state index < -0.39 is 0 Å². The second-order valence-corrected chi connectivity index (χ2v) is 7.16. The molecule has 0 saturated carbocycles. The maximum Gasteiger partial charge on any atom is 0.261 e. The Balaban J connectivity index is 1.62. The molecule has 30 heavy (non-hydrogen) atoms. The van der Waals surface area contributed by atoms with Gasteiger partial charge in [-0.25, -0.2) is 4.98 Å². The van der Waals surface area contributed by atoms with E-state index in [1.165, 1.54) is 0 Å². The Bertz CT molecular complexity index is 1210. The summed E-state index contributed by atoms with van der Waals surface area (Å²) in [6.07, 6.45) is 0.691. The van der Waals surface area contributed by atoms with Gasteiger partial charge in [-0.2, -0.15) is 0 Å². The molecule has 0 radical (unpaired) electrons. The molecular formula is C25H24N2O3. The zero-order valence-electron chi connectivity index (χ0n) is 17.2. The van der Waals surface area contributed by atoms with Gasteiger partial charge in [0.05, 0.1) is 24.6 Å². The Hall–Kier alpha value is -3.60. The van der Waals surface area contributed by atoms with Gasteiger partial charge in [0.15, 0.2) is 0 Å². The van der Waals surface area contributed by atoms with E-state index in [0.29, 0.717) is 36.3 Å². The molecular weight excluding hydrogens is 376 g/mol. The van der Waals surface area contributed by atoms with Crippen molar-refractivity contribution in [3.05, 3.63) is 88.7 Å². The van der Waals surface area contributed by atoms with Crippen LogP contribution in [0.4, 0.5) is 0 Å². The van der Waals surface area contributed by atoms with Gasteiger partial charge in [-0.1, -0.05) is 24.3 Å². The third-order valence-electron chi connectivity index (χ3n) is 4.99. The Morgan fingerprint density at radius 1 is 0.933 bits per heavy atom. The fourth-order valence-electron chi connectivity index (χ4n) is 3.45. The third kappa shape index (κ3) is 4.20. The number of aromatic nitrogens is 2. The van der Waals surface area contributed by atoms with Gasteiger partial charge in [0, 0.05) is 12.1 Å². The van der Waals surface area contributed by atoms with E-state index in [1.54, 1.807) is 11.7 Å². The molecule has 0 saturated heterocycles. The van der Waals surface area contributed by atoms with Crippen LogP contribution in [-0.2, 0) is 6.54 Å². The lowest BCUT2D eigenvalue weighted by Crippen LogP contribution is -2.24. The average molecular weight is 400 g/mol. The molecule has 5 nitrogen and oxygen atoms in total. The molecule has 152 valence electrons. The SMILES string of the molecule is COc1ccc(-c2nc3ccccc3c(=O)n2CCCOc2cccc(C)c2)cc1. The predicted octanol–water partition coefficient (Wildman–Crippen LogP) is 4.85. The van der Waals surface area contributed by atoms with Crippen LogP contribution in [0.3, 0.4) is 0 Å². The fraction of sp³-hybridized carbons (Fsp3) is 0.200. The minimum Gasteiger partial charge on any atom is -0.497 e. The van der Waals surface area contributed by atoms with Gasteiger partial charge in [-0.3, -0.25) is 9.36 Å². The summed E-state index contributed by atoms with van der Waals surface area (Å²) in [6, 6.07) is 23.0. The summed E-state index contributed by atoms with van der Waals surface area (Å²) in [7, 11) is 1.63. The molecule has 0 N–H and O–H groups in total. The number of benzene rings is 3. The van der Waals surface area contributed by atoms with Gasteiger partial charge < -0.3 is 9.47 Å². The number of ether oxygens (including phenoxy) is 2. The molecule has 0 fully saturated rings. The third-order valence-corrected chi connectivity index (χ3v) is 4.99. The van der Waals surface area contributed by atoms with E-state index in [0.717, 1.165) is 22.6 Å². The molecule has 5 heteroatoms. The standard InChI is InChI=1S/C25H24N2O3/c1-18-7-5-8-21(17-18)30-16-6-15-27-24(19-11-13-20(29-2)14-12-19)26-23-10-4-3-9-22(23)25(27)28/h3-5,7-14,17H,6,15-16H2,1-2H3. The molecule has 3 aromatic carbocycles. The summed E-state index contributed by atoms with van der Waals surface area (Å²) in [5.74, 6) is 2.26. The van der Waals surface area contributed by atoms with Crippen LogP contribution in [0.1, 0.15) is 12.0 Å². The van der Waals surface area contributed by atoms with Crippen molar-refractivity contribution >= 4 is 10.9 Å². The van der Waals surface area contributed by atoms with Crippen molar-refractivity contribution in [2.45, 2.75) is 19.9 Å². The zero-order valence-corrected chi connectivity index (χ0v) is 17.2. The van der Waals surface area contributed by atoms with Crippen LogP contribution >= 0.6 is 0 Å². The first-order chi connectivity index (χ1) is 14.7. The Morgan fingerprint density at radius 3 is 2.50 bits per heavy atom. The van der Waals surface area contributed by atoms with Gasteiger partial charge in [0.2, 0.25) is 0 Å². The van der Waals surface area contributed by atoms with Crippen LogP contribution in [0.2, 0.25) is 0 Å². The smallest absolute Gasteiger partial charge is 0.261 e. The number of methoxy groups -OCH3 is 1. The minimum absolute atomic E-state index is 0.0398. The summed E-state index contributed by atoms with van der Waals surface area (Å²) in [5.41, 5.74) is 2.69. The lowest BCUT2D eigenvalue weighted by atomic mass is 10.1. The number of para-hydroxylation sites is 1. The van der Waals surface area contributed by atoms with Gasteiger partial charge in [-0.05, 0) is 67.4 Å². The highest BCUT2D eigenvalue weighted by atomic mass is 16.5. The molecule has 4 rings (SSSR count). The monoisotopic (exact) mass is 400 g/mol. The largest absolute Gasteiger partial charge is 0.497 e. The van der Waals surface area contributed by atoms with E-state index in [-0.39, 0.29) is 5.56 Å². The Labute approximate surface area is 175 Å². The van der Waals surface area contributed by atoms with E-state index in [9.17, 15) is 4.79 Å². The van der Waals surface area contributed by atoms with E-state index in [1.807, 2.05) is 79.7 Å². The van der Waals surface area contributed by atoms with Gasteiger partial charge in [0.1, 0.15) is 17.3 Å². The van der Waals surface area contributed by atoms with Crippen LogP contribution < -0.4 is 15.0 Å². The van der Waals surface area contributed by atoms with Gasteiger partial charge in [-0.15, -0.1) is 0 Å². The predicted molar refractivity (Wildman–Crippen MR) is 119 cm³/mol. The van der Waals surface area contributed by atoms with Crippen LogP contribution in [0.5, 0.6) is 11.5 Å². The zero-order chi connectivity index (χ0) is 20.9. The number of rotatable bonds is 7. The van der Waals surface area contributed by atoms with Crippen LogP contribution in [-0.4, -0.2) is 23.3 Å². The van der Waals surface area contributed by atoms with Gasteiger partial charge in [0.25, 0.3) is 5.56 Å². The molecule has 0 unspecified atom stereocenters. The van der Waals surface area contributed by atoms with Crippen molar-refractivity contribution in [2.75, 3.05) is 13.7 Å². The minimum atomic E-state index is -0.0398. The molecule has 1 heterocycles. The number of aryl methyl sites for hydroxylation is 1. The molecule has 0 aliphatic rings. The first-order valence-electron chi connectivity index (χ1n) is 9.99. The number of fused-ring (bicyclic) bond motifs is 1. The maximum atomic E-state index is 13.2. The topological polar surface area (TPSA) is 53.3 Å². The fourth-order valence-corrected chi connectivity index (χ4v) is 3.45. The highest BCUT2D eigenvalue weighted by Crippen LogP contribution is 2.22.